The van der Waals surface area contributed by atoms with Crippen LogP contribution in [0.2, 0.25) is 0 Å². The average Bonchev–Trinajstić information content (AvgIpc) is 2.47. The van der Waals surface area contributed by atoms with Gasteiger partial charge >= 0.3 is 0 Å². The zero-order chi connectivity index (χ0) is 13.2. The molecular formula is C15H9N3O. The topological polar surface area (TPSA) is 69.8 Å². The number of benzene rings is 2. The maximum atomic E-state index is 9.37. The van der Waals surface area contributed by atoms with Gasteiger partial charge in [0.2, 0.25) is 0 Å². The minimum absolute atomic E-state index is 0.177. The maximum absolute atomic E-state index is 9.37. The lowest BCUT2D eigenvalue weighted by Crippen LogP contribution is -1.94. The van der Waals surface area contributed by atoms with Crippen LogP contribution in [-0.4, -0.2) is 15.3 Å². The first-order chi connectivity index (χ1) is 9.29. The number of nitrogens with zero attached hydrogens (tertiary/aromatic N) is 3. The van der Waals surface area contributed by atoms with Crippen molar-refractivity contribution in [2.75, 3.05) is 0 Å². The number of fused-ring (bicyclic) bond motifs is 1. The van der Waals surface area contributed by atoms with E-state index in [-0.39, 0.29) is 5.75 Å². The molecule has 3 aromatic rings. The van der Waals surface area contributed by atoms with Crippen LogP contribution in [0.3, 0.4) is 0 Å². The van der Waals surface area contributed by atoms with Crippen molar-refractivity contribution >= 4 is 10.9 Å². The third kappa shape index (κ3) is 1.87. The van der Waals surface area contributed by atoms with E-state index in [0.717, 1.165) is 10.9 Å². The summed E-state index contributed by atoms with van der Waals surface area (Å²) in [4.78, 5) is 0. The highest BCUT2D eigenvalue weighted by atomic mass is 16.3. The van der Waals surface area contributed by atoms with E-state index in [4.69, 9.17) is 0 Å². The fourth-order valence-corrected chi connectivity index (χ4v) is 1.99. The Morgan fingerprint density at radius 3 is 2.42 bits per heavy atom. The van der Waals surface area contributed by atoms with Crippen molar-refractivity contribution < 1.29 is 5.11 Å². The Labute approximate surface area is 109 Å². The van der Waals surface area contributed by atoms with Gasteiger partial charge in [-0.1, -0.05) is 18.2 Å². The van der Waals surface area contributed by atoms with Crippen LogP contribution in [0.4, 0.5) is 0 Å². The fraction of sp³-hybridized carbons (Fsp3) is 0. The van der Waals surface area contributed by atoms with Crippen LogP contribution < -0.4 is 0 Å². The van der Waals surface area contributed by atoms with Gasteiger partial charge in [0, 0.05) is 10.9 Å². The predicted molar refractivity (Wildman–Crippen MR) is 71.4 cm³/mol. The van der Waals surface area contributed by atoms with E-state index in [1.54, 1.807) is 24.3 Å². The summed E-state index contributed by atoms with van der Waals surface area (Å²) in [5, 5.41) is 27.7. The van der Waals surface area contributed by atoms with Gasteiger partial charge in [-0.2, -0.15) is 5.26 Å². The lowest BCUT2D eigenvalue weighted by atomic mass is 10.0. The summed E-state index contributed by atoms with van der Waals surface area (Å²) < 4.78 is 0. The lowest BCUT2D eigenvalue weighted by Gasteiger charge is -2.05. The van der Waals surface area contributed by atoms with Crippen LogP contribution in [0.1, 0.15) is 5.56 Å². The Hall–Kier alpha value is -2.93. The molecule has 0 fully saturated rings. The summed E-state index contributed by atoms with van der Waals surface area (Å²) in [6.45, 7) is 0. The first-order valence-corrected chi connectivity index (χ1v) is 5.74. The van der Waals surface area contributed by atoms with Crippen molar-refractivity contribution in [3.05, 3.63) is 54.1 Å². The highest BCUT2D eigenvalue weighted by molar-refractivity contribution is 5.89. The smallest absolute Gasteiger partial charge is 0.115 e. The van der Waals surface area contributed by atoms with Crippen LogP contribution in [0.15, 0.2) is 48.5 Å². The van der Waals surface area contributed by atoms with Crippen LogP contribution >= 0.6 is 0 Å². The van der Waals surface area contributed by atoms with Gasteiger partial charge in [0.05, 0.1) is 11.1 Å². The van der Waals surface area contributed by atoms with E-state index in [2.05, 4.69) is 16.3 Å². The molecule has 4 heteroatoms. The van der Waals surface area contributed by atoms with E-state index in [9.17, 15) is 10.4 Å². The van der Waals surface area contributed by atoms with Gasteiger partial charge in [-0.3, -0.25) is 0 Å². The molecule has 3 rings (SSSR count). The lowest BCUT2D eigenvalue weighted by molar-refractivity contribution is 0.475. The SMILES string of the molecule is N#Cc1c(-c2ccc(O)cc2)nnc2ccccc12. The number of rotatable bonds is 1. The van der Waals surface area contributed by atoms with Crippen LogP contribution in [-0.2, 0) is 0 Å². The van der Waals surface area contributed by atoms with Crippen molar-refractivity contribution in [1.29, 1.82) is 5.26 Å². The number of hydrogen-bond donors (Lipinski definition) is 1. The van der Waals surface area contributed by atoms with Crippen molar-refractivity contribution in [2.24, 2.45) is 0 Å². The Balaban J connectivity index is 2.30. The molecule has 4 nitrogen and oxygen atoms in total. The summed E-state index contributed by atoms with van der Waals surface area (Å²) in [5.74, 6) is 0.177. The quantitative estimate of drug-likeness (QED) is 0.717. The van der Waals surface area contributed by atoms with Gasteiger partial charge in [0.15, 0.2) is 0 Å². The third-order valence-corrected chi connectivity index (χ3v) is 2.92. The number of phenolic OH excluding ortho intramolecular Hbond substituents is 1. The normalized spacial score (nSPS) is 10.3. The van der Waals surface area contributed by atoms with E-state index in [1.807, 2.05) is 24.3 Å². The predicted octanol–water partition coefficient (Wildman–Crippen LogP) is 2.87. The second-order valence-electron chi connectivity index (χ2n) is 4.10. The number of hydrogen-bond acceptors (Lipinski definition) is 4. The highest BCUT2D eigenvalue weighted by Crippen LogP contribution is 2.27. The van der Waals surface area contributed by atoms with E-state index in [1.165, 1.54) is 0 Å². The van der Waals surface area contributed by atoms with Gasteiger partial charge in [0.1, 0.15) is 17.5 Å². The Morgan fingerprint density at radius 2 is 1.68 bits per heavy atom. The van der Waals surface area contributed by atoms with Crippen molar-refractivity contribution in [2.45, 2.75) is 0 Å². The minimum Gasteiger partial charge on any atom is -0.508 e. The molecule has 0 unspecified atom stereocenters. The molecule has 0 aliphatic carbocycles. The van der Waals surface area contributed by atoms with Gasteiger partial charge in [-0.25, -0.2) is 0 Å². The summed E-state index contributed by atoms with van der Waals surface area (Å²) in [7, 11) is 0. The summed E-state index contributed by atoms with van der Waals surface area (Å²) in [5.41, 5.74) is 2.48. The van der Waals surface area contributed by atoms with Gasteiger partial charge in [-0.15, -0.1) is 10.2 Å². The zero-order valence-corrected chi connectivity index (χ0v) is 9.91. The molecule has 0 aliphatic heterocycles. The molecule has 0 aliphatic rings. The van der Waals surface area contributed by atoms with Crippen molar-refractivity contribution in [3.8, 4) is 23.1 Å². The van der Waals surface area contributed by atoms with Crippen LogP contribution in [0, 0.1) is 11.3 Å². The molecule has 0 saturated carbocycles. The minimum atomic E-state index is 0.177. The Kier molecular flexibility index (Phi) is 2.58. The van der Waals surface area contributed by atoms with Crippen LogP contribution in [0.5, 0.6) is 5.75 Å². The molecule has 0 atom stereocenters. The fourth-order valence-electron chi connectivity index (χ4n) is 1.99. The molecule has 1 N–H and O–H groups in total. The molecule has 90 valence electrons. The molecule has 0 radical (unpaired) electrons. The summed E-state index contributed by atoms with van der Waals surface area (Å²) in [6.07, 6.45) is 0. The number of nitriles is 1. The largest absolute Gasteiger partial charge is 0.508 e. The molecular weight excluding hydrogens is 238 g/mol. The van der Waals surface area contributed by atoms with Gasteiger partial charge < -0.3 is 5.11 Å². The molecule has 0 amide bonds. The van der Waals surface area contributed by atoms with Crippen molar-refractivity contribution in [1.82, 2.24) is 10.2 Å². The second kappa shape index (κ2) is 4.39. The molecule has 0 spiro atoms. The molecule has 1 aromatic heterocycles. The highest BCUT2D eigenvalue weighted by Gasteiger charge is 2.11. The monoisotopic (exact) mass is 247 g/mol. The molecule has 0 saturated heterocycles. The first kappa shape index (κ1) is 11.2. The Bertz CT molecular complexity index is 789. The Morgan fingerprint density at radius 1 is 0.947 bits per heavy atom. The number of phenols is 1. The van der Waals surface area contributed by atoms with E-state index >= 15 is 0 Å². The third-order valence-electron chi connectivity index (χ3n) is 2.92. The zero-order valence-electron chi connectivity index (χ0n) is 9.91. The average molecular weight is 247 g/mol. The van der Waals surface area contributed by atoms with E-state index < -0.39 is 0 Å². The second-order valence-corrected chi connectivity index (χ2v) is 4.10. The molecule has 2 aromatic carbocycles. The van der Waals surface area contributed by atoms with Gasteiger partial charge in [-0.05, 0) is 30.3 Å². The summed E-state index contributed by atoms with van der Waals surface area (Å²) >= 11 is 0. The first-order valence-electron chi connectivity index (χ1n) is 5.74. The molecule has 1 heterocycles. The molecule has 19 heavy (non-hydrogen) atoms. The van der Waals surface area contributed by atoms with Crippen molar-refractivity contribution in [3.63, 3.8) is 0 Å². The van der Waals surface area contributed by atoms with Crippen LogP contribution in [0.25, 0.3) is 22.2 Å². The maximum Gasteiger partial charge on any atom is 0.115 e. The number of aromatic nitrogens is 2. The van der Waals surface area contributed by atoms with E-state index in [0.29, 0.717) is 16.8 Å². The molecule has 0 bridgehead atoms. The summed E-state index contributed by atoms with van der Waals surface area (Å²) in [6, 6.07) is 16.1. The van der Waals surface area contributed by atoms with Gasteiger partial charge in [0.25, 0.3) is 0 Å². The standard InChI is InChI=1S/C15H9N3O/c16-9-13-12-3-1-2-4-14(12)17-18-15(13)10-5-7-11(19)8-6-10/h1-8,19H. The number of aromatic hydroxyl groups is 1.